The molecule has 13 heavy (non-hydrogen) atoms. The van der Waals surface area contributed by atoms with E-state index in [0.717, 1.165) is 19.3 Å². The zero-order valence-corrected chi connectivity index (χ0v) is 8.93. The van der Waals surface area contributed by atoms with Gasteiger partial charge in [0.25, 0.3) is 0 Å². The monoisotopic (exact) mass is 183 g/mol. The molecule has 0 aromatic heterocycles. The number of hydrogen-bond acceptors (Lipinski definition) is 3. The second-order valence-electron chi connectivity index (χ2n) is 3.53. The summed E-state index contributed by atoms with van der Waals surface area (Å²) >= 11 is 0. The lowest BCUT2D eigenvalue weighted by molar-refractivity contribution is 0.200. The van der Waals surface area contributed by atoms with E-state index >= 15 is 0 Å². The van der Waals surface area contributed by atoms with Gasteiger partial charge in [-0.05, 0) is 38.1 Å². The van der Waals surface area contributed by atoms with Crippen molar-refractivity contribution in [2.75, 3.05) is 6.54 Å². The number of nitrogens with zero attached hydrogens (tertiary/aromatic N) is 1. The number of hydrogen-bond donors (Lipinski definition) is 2. The summed E-state index contributed by atoms with van der Waals surface area (Å²) in [4.78, 5) is 4.02. The highest BCUT2D eigenvalue weighted by Gasteiger charge is 2.31. The molecule has 0 aromatic rings. The molecule has 0 saturated carbocycles. The molecule has 1 atom stereocenters. The molecule has 0 aromatic carbocycles. The molecule has 0 rings (SSSR count). The fraction of sp³-hybridized carbons (Fsp3) is 0.900. The van der Waals surface area contributed by atoms with Crippen LogP contribution in [0.15, 0.2) is 4.99 Å². The summed E-state index contributed by atoms with van der Waals surface area (Å²) in [5.74, 6) is 0. The van der Waals surface area contributed by atoms with Gasteiger partial charge in [0.1, 0.15) is 0 Å². The average Bonchev–Trinajstić information content (AvgIpc) is 2.14. The van der Waals surface area contributed by atoms with Gasteiger partial charge in [-0.25, -0.2) is 10.4 Å². The van der Waals surface area contributed by atoms with Crippen LogP contribution in [0.2, 0.25) is 0 Å². The van der Waals surface area contributed by atoms with Crippen LogP contribution < -0.4 is 5.73 Å². The van der Waals surface area contributed by atoms with Gasteiger partial charge in [-0.2, -0.15) is 0 Å². The van der Waals surface area contributed by atoms with Crippen LogP contribution in [0.5, 0.6) is 0 Å². The molecule has 76 valence electrons. The predicted molar refractivity (Wildman–Crippen MR) is 56.3 cm³/mol. The van der Waals surface area contributed by atoms with Crippen molar-refractivity contribution in [3.8, 4) is 0 Å². The van der Waals surface area contributed by atoms with Crippen molar-refractivity contribution in [3.05, 3.63) is 0 Å². The molecule has 3 heteroatoms. The molecule has 0 aliphatic carbocycles. The Balaban J connectivity index is 4.61. The highest BCUT2D eigenvalue weighted by atomic mass is 14.8. The van der Waals surface area contributed by atoms with Crippen molar-refractivity contribution < 1.29 is 0 Å². The number of nitrogens with two attached hydrogens (primary N) is 1. The van der Waals surface area contributed by atoms with Crippen LogP contribution in [-0.2, 0) is 0 Å². The molecule has 1 unspecified atom stereocenters. The standard InChI is InChI=1S/C10H21N3/c1-4-10(5-2,6-7-11)9(3)13-8-12/h9,12H,4-7,11H2,1-3H3. The van der Waals surface area contributed by atoms with Crippen LogP contribution in [0.25, 0.3) is 0 Å². The first-order chi connectivity index (χ1) is 6.16. The first-order valence-corrected chi connectivity index (χ1v) is 4.98. The van der Waals surface area contributed by atoms with Crippen molar-refractivity contribution in [2.45, 2.75) is 46.1 Å². The van der Waals surface area contributed by atoms with E-state index in [1.54, 1.807) is 0 Å². The fourth-order valence-corrected chi connectivity index (χ4v) is 1.92. The van der Waals surface area contributed by atoms with Crippen LogP contribution in [0.3, 0.4) is 0 Å². The number of rotatable bonds is 6. The van der Waals surface area contributed by atoms with Crippen LogP contribution in [0.1, 0.15) is 40.0 Å². The lowest BCUT2D eigenvalue weighted by Gasteiger charge is -2.34. The Morgan fingerprint density at radius 1 is 1.46 bits per heavy atom. The van der Waals surface area contributed by atoms with E-state index in [4.69, 9.17) is 11.1 Å². The third-order valence-corrected chi connectivity index (χ3v) is 3.19. The lowest BCUT2D eigenvalue weighted by atomic mass is 9.74. The molecule has 3 N–H and O–H groups in total. The van der Waals surface area contributed by atoms with Gasteiger partial charge in [-0.1, -0.05) is 13.8 Å². The molecule has 0 aliphatic heterocycles. The molecule has 0 aliphatic rings. The Morgan fingerprint density at radius 3 is 2.31 bits per heavy atom. The van der Waals surface area contributed by atoms with E-state index in [2.05, 4.69) is 24.8 Å². The van der Waals surface area contributed by atoms with Gasteiger partial charge in [0.15, 0.2) is 0 Å². The Hall–Kier alpha value is -0.660. The second kappa shape index (κ2) is 5.90. The molecular weight excluding hydrogens is 162 g/mol. The molecule has 0 heterocycles. The Bertz CT molecular complexity index is 179. The van der Waals surface area contributed by atoms with Gasteiger partial charge < -0.3 is 5.73 Å². The smallest absolute Gasteiger partial charge is 0.0864 e. The third-order valence-electron chi connectivity index (χ3n) is 3.19. The van der Waals surface area contributed by atoms with Crippen molar-refractivity contribution in [1.29, 1.82) is 5.41 Å². The largest absolute Gasteiger partial charge is 0.330 e. The van der Waals surface area contributed by atoms with Crippen molar-refractivity contribution in [2.24, 2.45) is 16.1 Å². The van der Waals surface area contributed by atoms with Gasteiger partial charge >= 0.3 is 0 Å². The minimum absolute atomic E-state index is 0.156. The Kier molecular flexibility index (Phi) is 5.60. The summed E-state index contributed by atoms with van der Waals surface area (Å²) in [5.41, 5.74) is 5.76. The highest BCUT2D eigenvalue weighted by molar-refractivity contribution is 5.36. The number of nitrogens with one attached hydrogen (secondary N) is 1. The Morgan fingerprint density at radius 2 is 2.00 bits per heavy atom. The first-order valence-electron chi connectivity index (χ1n) is 4.98. The van der Waals surface area contributed by atoms with E-state index in [1.807, 2.05) is 6.92 Å². The second-order valence-corrected chi connectivity index (χ2v) is 3.53. The molecule has 0 saturated heterocycles. The summed E-state index contributed by atoms with van der Waals surface area (Å²) in [6.07, 6.45) is 3.10. The summed E-state index contributed by atoms with van der Waals surface area (Å²) in [6.45, 7) is 7.06. The van der Waals surface area contributed by atoms with Gasteiger partial charge in [0.05, 0.1) is 12.1 Å². The molecule has 3 nitrogen and oxygen atoms in total. The van der Waals surface area contributed by atoms with Gasteiger partial charge in [-0.15, -0.1) is 0 Å². The summed E-state index contributed by atoms with van der Waals surface area (Å²) in [6, 6.07) is 2.29. The normalized spacial score (nSPS) is 13.5. The van der Waals surface area contributed by atoms with Crippen molar-refractivity contribution >= 4 is 6.01 Å². The maximum Gasteiger partial charge on any atom is 0.0864 e. The zero-order chi connectivity index (χ0) is 10.3. The van der Waals surface area contributed by atoms with Gasteiger partial charge in [0, 0.05) is 0 Å². The first kappa shape index (κ1) is 12.3. The summed E-state index contributed by atoms with van der Waals surface area (Å²) in [5, 5.41) is 6.85. The maximum atomic E-state index is 6.85. The maximum absolute atomic E-state index is 6.85. The van der Waals surface area contributed by atoms with Crippen LogP contribution in [-0.4, -0.2) is 18.6 Å². The molecule has 0 radical (unpaired) electrons. The topological polar surface area (TPSA) is 62.2 Å². The quantitative estimate of drug-likeness (QED) is 0.610. The van der Waals surface area contributed by atoms with E-state index in [-0.39, 0.29) is 11.5 Å². The average molecular weight is 183 g/mol. The summed E-state index contributed by atoms with van der Waals surface area (Å²) < 4.78 is 0. The van der Waals surface area contributed by atoms with E-state index < -0.39 is 0 Å². The van der Waals surface area contributed by atoms with Crippen LogP contribution in [0, 0.1) is 10.8 Å². The van der Waals surface area contributed by atoms with Gasteiger partial charge in [0.2, 0.25) is 0 Å². The van der Waals surface area contributed by atoms with E-state index in [0.29, 0.717) is 6.54 Å². The fourth-order valence-electron chi connectivity index (χ4n) is 1.92. The van der Waals surface area contributed by atoms with Crippen LogP contribution in [0.4, 0.5) is 0 Å². The van der Waals surface area contributed by atoms with Crippen molar-refractivity contribution in [1.82, 2.24) is 0 Å². The lowest BCUT2D eigenvalue weighted by Crippen LogP contribution is -2.33. The SMILES string of the molecule is CCC(CC)(CCN)C(C)N=C=N. The minimum Gasteiger partial charge on any atom is -0.330 e. The zero-order valence-electron chi connectivity index (χ0n) is 8.93. The third kappa shape index (κ3) is 2.94. The Labute approximate surface area is 80.9 Å². The predicted octanol–water partition coefficient (Wildman–Crippen LogP) is 2.28. The molecule has 0 bridgehead atoms. The molecular formula is C10H21N3. The van der Waals surface area contributed by atoms with E-state index in [1.165, 1.54) is 0 Å². The molecule has 0 amide bonds. The number of aliphatic imine (C=N–C) groups is 1. The van der Waals surface area contributed by atoms with Crippen molar-refractivity contribution in [3.63, 3.8) is 0 Å². The van der Waals surface area contributed by atoms with Gasteiger partial charge in [-0.3, -0.25) is 0 Å². The van der Waals surface area contributed by atoms with Crippen LogP contribution >= 0.6 is 0 Å². The summed E-state index contributed by atoms with van der Waals surface area (Å²) in [7, 11) is 0. The molecule has 0 spiro atoms. The molecule has 0 fully saturated rings. The highest BCUT2D eigenvalue weighted by Crippen LogP contribution is 2.35. The van der Waals surface area contributed by atoms with E-state index in [9.17, 15) is 0 Å². The minimum atomic E-state index is 0.156.